The minimum Gasteiger partial charge on any atom is -0.480 e. The van der Waals surface area contributed by atoms with Gasteiger partial charge in [-0.25, -0.2) is 0 Å². The maximum absolute atomic E-state index is 10.8. The molecule has 0 radical (unpaired) electrons. The van der Waals surface area contributed by atoms with E-state index in [-0.39, 0.29) is 19.4 Å². The van der Waals surface area contributed by atoms with Crippen molar-refractivity contribution in [2.45, 2.75) is 68.5 Å². The number of carbonyl (C=O) groups is 2. The summed E-state index contributed by atoms with van der Waals surface area (Å²) in [4.78, 5) is 30.4. The number of nitrogens with two attached hydrogens (primary N) is 2. The lowest BCUT2D eigenvalue weighted by Crippen LogP contribution is -2.47. The van der Waals surface area contributed by atoms with Crippen LogP contribution in [0, 0.1) is 0 Å². The molecule has 0 aromatic rings. The number of rotatable bonds is 12. The molecular formula is C18H32N6O7. The van der Waals surface area contributed by atoms with E-state index in [2.05, 4.69) is 20.6 Å². The summed E-state index contributed by atoms with van der Waals surface area (Å²) in [6.07, 6.45) is 0.740. The number of amidine groups is 1. The van der Waals surface area contributed by atoms with Crippen LogP contribution in [0.25, 0.3) is 0 Å². The predicted molar refractivity (Wildman–Crippen MR) is 110 cm³/mol. The zero-order valence-electron chi connectivity index (χ0n) is 17.2. The topological polar surface area (TPSA) is 225 Å². The molecule has 0 aromatic carbocycles. The molecule has 2 aliphatic heterocycles. The molecule has 1 spiro atoms. The average molecular weight is 444 g/mol. The van der Waals surface area contributed by atoms with Crippen molar-refractivity contribution in [1.82, 2.24) is 10.6 Å². The molecule has 2 fully saturated rings. The first kappa shape index (κ1) is 24.9. The van der Waals surface area contributed by atoms with Crippen molar-refractivity contribution < 1.29 is 34.8 Å². The van der Waals surface area contributed by atoms with Crippen LogP contribution in [0.5, 0.6) is 0 Å². The number of ether oxygens (including phenoxy) is 1. The minimum absolute atomic E-state index is 0.150. The van der Waals surface area contributed by atoms with Crippen molar-refractivity contribution >= 4 is 23.7 Å². The highest BCUT2D eigenvalue weighted by molar-refractivity contribution is 6.11. The highest BCUT2D eigenvalue weighted by Gasteiger charge is 2.53. The van der Waals surface area contributed by atoms with E-state index in [0.29, 0.717) is 50.6 Å². The second-order valence-corrected chi connectivity index (χ2v) is 7.68. The first-order chi connectivity index (χ1) is 14.7. The summed E-state index contributed by atoms with van der Waals surface area (Å²) < 4.78 is 5.84. The number of hydrogen-bond acceptors (Lipinski definition) is 9. The van der Waals surface area contributed by atoms with E-state index in [1.165, 1.54) is 0 Å². The molecule has 0 bridgehead atoms. The van der Waals surface area contributed by atoms with Crippen LogP contribution >= 0.6 is 0 Å². The summed E-state index contributed by atoms with van der Waals surface area (Å²) in [7, 11) is 0. The summed E-state index contributed by atoms with van der Waals surface area (Å²) in [6, 6.07) is -1.85. The quantitative estimate of drug-likeness (QED) is 0.147. The van der Waals surface area contributed by atoms with Gasteiger partial charge in [0.2, 0.25) is 5.72 Å². The van der Waals surface area contributed by atoms with E-state index in [0.717, 1.165) is 0 Å². The van der Waals surface area contributed by atoms with Gasteiger partial charge in [0, 0.05) is 19.5 Å². The highest BCUT2D eigenvalue weighted by atomic mass is 16.6. The Kier molecular flexibility index (Phi) is 9.13. The lowest BCUT2D eigenvalue weighted by atomic mass is 10.1. The van der Waals surface area contributed by atoms with Crippen LogP contribution in [-0.2, 0) is 14.3 Å². The van der Waals surface area contributed by atoms with Crippen molar-refractivity contribution in [2.24, 2.45) is 21.5 Å². The van der Waals surface area contributed by atoms with Crippen LogP contribution in [0.2, 0.25) is 0 Å². The van der Waals surface area contributed by atoms with Gasteiger partial charge in [-0.3, -0.25) is 19.6 Å². The van der Waals surface area contributed by atoms with Gasteiger partial charge in [0.05, 0.1) is 12.7 Å². The number of aliphatic hydroxyl groups excluding tert-OH is 2. The fraction of sp³-hybridized carbons (Fsp3) is 0.778. The molecular weight excluding hydrogens is 412 g/mol. The Hall–Kier alpha value is -2.32. The summed E-state index contributed by atoms with van der Waals surface area (Å²) in [5, 5.41) is 43.3. The summed E-state index contributed by atoms with van der Waals surface area (Å²) >= 11 is 0. The fourth-order valence-corrected chi connectivity index (χ4v) is 3.36. The third kappa shape index (κ3) is 6.83. The zero-order chi connectivity index (χ0) is 23.0. The van der Waals surface area contributed by atoms with Gasteiger partial charge in [0.25, 0.3) is 0 Å². The van der Waals surface area contributed by atoms with Crippen LogP contribution in [0.3, 0.4) is 0 Å². The standard InChI is InChI=1S/C18H32N6O7/c19-10(14(27)28)4-1-2-6-21-16-18(8-12(26)13(9-25)31-18)24-17(23-16)22-7-3-5-11(20)15(29)30/h10-13,25-26H,1-9,19-20H2,(H,27,28)(H,29,30)(H2,21,22,23,24)/t10-,11-,12-,13+,18?/m0/s1. The Bertz CT molecular complexity index is 703. The SMILES string of the molecule is N[C@@H](CCCCN=C1NC(=NCCC[C@H](N)C(=O)O)NC12C[C@H](O)[C@@H](CO)O2)C(=O)O. The predicted octanol–water partition coefficient (Wildman–Crippen LogP) is -2.45. The second-order valence-electron chi connectivity index (χ2n) is 7.68. The van der Waals surface area contributed by atoms with E-state index in [1.54, 1.807) is 0 Å². The Morgan fingerprint density at radius 1 is 1.10 bits per heavy atom. The maximum atomic E-state index is 10.8. The van der Waals surface area contributed by atoms with Crippen LogP contribution in [0.4, 0.5) is 0 Å². The molecule has 0 aliphatic carbocycles. The molecule has 2 aliphatic rings. The summed E-state index contributed by atoms with van der Waals surface area (Å²) in [5.41, 5.74) is 9.81. The maximum Gasteiger partial charge on any atom is 0.320 e. The largest absolute Gasteiger partial charge is 0.480 e. The zero-order valence-corrected chi connectivity index (χ0v) is 17.2. The Morgan fingerprint density at radius 3 is 2.29 bits per heavy atom. The smallest absolute Gasteiger partial charge is 0.320 e. The summed E-state index contributed by atoms with van der Waals surface area (Å²) in [6.45, 7) is 0.339. The first-order valence-corrected chi connectivity index (χ1v) is 10.3. The highest BCUT2D eigenvalue weighted by Crippen LogP contribution is 2.31. The third-order valence-corrected chi connectivity index (χ3v) is 5.17. The molecule has 0 saturated carbocycles. The van der Waals surface area contributed by atoms with Crippen LogP contribution in [-0.4, -0.2) is 93.9 Å². The molecule has 13 heteroatoms. The average Bonchev–Trinajstić information content (AvgIpc) is 3.22. The van der Waals surface area contributed by atoms with Crippen molar-refractivity contribution in [1.29, 1.82) is 0 Å². The number of aliphatic carboxylic acids is 2. The van der Waals surface area contributed by atoms with Gasteiger partial charge in [-0.15, -0.1) is 0 Å². The molecule has 2 saturated heterocycles. The number of unbranched alkanes of at least 4 members (excludes halogenated alkanes) is 1. The van der Waals surface area contributed by atoms with E-state index in [4.69, 9.17) is 26.4 Å². The Balaban J connectivity index is 1.97. The molecule has 5 atom stereocenters. The monoisotopic (exact) mass is 444 g/mol. The van der Waals surface area contributed by atoms with Gasteiger partial charge in [-0.05, 0) is 32.1 Å². The van der Waals surface area contributed by atoms with E-state index in [1.807, 2.05) is 0 Å². The number of aliphatic hydroxyl groups is 2. The van der Waals surface area contributed by atoms with Gasteiger partial charge >= 0.3 is 11.9 Å². The van der Waals surface area contributed by atoms with Gasteiger partial charge in [0.15, 0.2) is 11.8 Å². The number of nitrogens with zero attached hydrogens (tertiary/aromatic N) is 2. The second kappa shape index (κ2) is 11.3. The first-order valence-electron chi connectivity index (χ1n) is 10.3. The molecule has 2 rings (SSSR count). The lowest BCUT2D eigenvalue weighted by Gasteiger charge is -2.23. The van der Waals surface area contributed by atoms with Crippen molar-refractivity contribution in [3.05, 3.63) is 0 Å². The van der Waals surface area contributed by atoms with Crippen molar-refractivity contribution in [3.63, 3.8) is 0 Å². The number of carboxylic acid groups (broad SMARTS) is 2. The summed E-state index contributed by atoms with van der Waals surface area (Å²) in [5.74, 6) is -1.33. The normalized spacial score (nSPS) is 29.8. The number of hydrogen-bond donors (Lipinski definition) is 8. The molecule has 10 N–H and O–H groups in total. The minimum atomic E-state index is -1.15. The lowest BCUT2D eigenvalue weighted by molar-refractivity contribution is -0.139. The van der Waals surface area contributed by atoms with E-state index in [9.17, 15) is 19.8 Å². The third-order valence-electron chi connectivity index (χ3n) is 5.17. The van der Waals surface area contributed by atoms with Gasteiger partial charge in [-0.1, -0.05) is 0 Å². The van der Waals surface area contributed by atoms with E-state index < -0.39 is 42.0 Å². The molecule has 0 amide bonds. The molecule has 0 aromatic heterocycles. The van der Waals surface area contributed by atoms with Gasteiger partial charge < -0.3 is 47.3 Å². The number of aliphatic imine (C=N–C) groups is 2. The Labute approximate surface area is 179 Å². The molecule has 2 heterocycles. The van der Waals surface area contributed by atoms with Crippen molar-refractivity contribution in [2.75, 3.05) is 19.7 Å². The molecule has 176 valence electrons. The number of nitrogens with one attached hydrogen (secondary N) is 2. The Morgan fingerprint density at radius 2 is 1.71 bits per heavy atom. The van der Waals surface area contributed by atoms with Gasteiger partial charge in [0.1, 0.15) is 18.2 Å². The van der Waals surface area contributed by atoms with Gasteiger partial charge in [-0.2, -0.15) is 0 Å². The number of guanidine groups is 1. The molecule has 13 nitrogen and oxygen atoms in total. The van der Waals surface area contributed by atoms with Crippen molar-refractivity contribution in [3.8, 4) is 0 Å². The van der Waals surface area contributed by atoms with Crippen LogP contribution in [0.1, 0.15) is 38.5 Å². The van der Waals surface area contributed by atoms with Crippen LogP contribution in [0.15, 0.2) is 9.98 Å². The fourth-order valence-electron chi connectivity index (χ4n) is 3.36. The number of carboxylic acids is 2. The van der Waals surface area contributed by atoms with E-state index >= 15 is 0 Å². The van der Waals surface area contributed by atoms with Crippen LogP contribution < -0.4 is 22.1 Å². The molecule has 1 unspecified atom stereocenters. The molecule has 31 heavy (non-hydrogen) atoms.